The van der Waals surface area contributed by atoms with E-state index in [0.29, 0.717) is 16.7 Å². The Morgan fingerprint density at radius 1 is 1.34 bits per heavy atom. The van der Waals surface area contributed by atoms with Crippen LogP contribution in [0.2, 0.25) is 0 Å². The molecule has 0 saturated carbocycles. The second kappa shape index (κ2) is 13.2. The topological polar surface area (TPSA) is 251 Å². The Kier molecular flexibility index (Phi) is 9.50. The molecule has 2 amide bonds. The van der Waals surface area contributed by atoms with Crippen molar-refractivity contribution in [2.24, 2.45) is 18.1 Å². The molecular weight excluding hydrogens is 660 g/mol. The van der Waals surface area contributed by atoms with Crippen molar-refractivity contribution in [1.82, 2.24) is 20.7 Å². The Labute approximate surface area is 272 Å². The molecule has 0 spiro atoms. The van der Waals surface area contributed by atoms with E-state index in [1.54, 1.807) is 12.1 Å². The minimum Gasteiger partial charge on any atom is -0.724 e. The molecule has 3 aromatic rings. The molecule has 5 rings (SSSR count). The summed E-state index contributed by atoms with van der Waals surface area (Å²) in [5.74, 6) is -1.66. The number of amides is 2. The van der Waals surface area contributed by atoms with Crippen molar-refractivity contribution in [3.8, 4) is 5.75 Å². The second-order valence-corrected chi connectivity index (χ2v) is 13.2. The van der Waals surface area contributed by atoms with E-state index < -0.39 is 58.2 Å². The van der Waals surface area contributed by atoms with E-state index in [2.05, 4.69) is 30.4 Å². The number of fused-ring (bicyclic) bond motifs is 1. The highest BCUT2D eigenvalue weighted by Gasteiger charge is 2.57. The Balaban J connectivity index is 1.29. The van der Waals surface area contributed by atoms with Crippen LogP contribution in [-0.4, -0.2) is 95.5 Å². The van der Waals surface area contributed by atoms with Crippen molar-refractivity contribution in [1.29, 1.82) is 0 Å². The number of anilines is 2. The van der Waals surface area contributed by atoms with E-state index in [1.165, 1.54) is 19.2 Å². The summed E-state index contributed by atoms with van der Waals surface area (Å²) in [7, 11) is -3.33. The number of nitrogens with zero attached hydrogens (tertiary/aromatic N) is 4. The summed E-state index contributed by atoms with van der Waals surface area (Å²) in [6.45, 7) is 4.93. The van der Waals surface area contributed by atoms with E-state index in [9.17, 15) is 32.5 Å². The number of ether oxygens (including phenoxy) is 1. The molecular formula is C27H32N8O10S2. The largest absolute Gasteiger partial charge is 0.724 e. The number of rotatable bonds is 14. The number of hydroxylamine groups is 2. The zero-order valence-electron chi connectivity index (χ0n) is 25.3. The number of carboxylic acid groups (broad SMARTS) is 1. The lowest BCUT2D eigenvalue weighted by molar-refractivity contribution is -0.656. The van der Waals surface area contributed by atoms with Crippen molar-refractivity contribution in [2.45, 2.75) is 31.5 Å². The lowest BCUT2D eigenvalue weighted by Crippen LogP contribution is -2.76. The van der Waals surface area contributed by atoms with Gasteiger partial charge >= 0.3 is 5.97 Å². The number of pyridine rings is 1. The molecule has 2 aliphatic heterocycles. The highest BCUT2D eigenvalue weighted by atomic mass is 32.3. The van der Waals surface area contributed by atoms with Crippen molar-refractivity contribution < 1.29 is 50.9 Å². The number of carbonyl (C=O) groups is 3. The Bertz CT molecular complexity index is 1840. The number of aliphatic carboxylic acids is 1. The average molecular weight is 693 g/mol. The summed E-state index contributed by atoms with van der Waals surface area (Å²) in [4.78, 5) is 47.0. The first-order valence-electron chi connectivity index (χ1n) is 14.1. The van der Waals surface area contributed by atoms with Gasteiger partial charge in [-0.3, -0.25) is 14.9 Å². The van der Waals surface area contributed by atoms with Crippen LogP contribution < -0.4 is 31.0 Å². The fraction of sp³-hybridized carbons (Fsp3) is 0.407. The lowest BCUT2D eigenvalue weighted by atomic mass is 9.84. The van der Waals surface area contributed by atoms with Gasteiger partial charge < -0.3 is 35.6 Å². The minimum absolute atomic E-state index is 0.0576. The fourth-order valence-corrected chi connectivity index (χ4v) is 5.84. The van der Waals surface area contributed by atoms with E-state index in [1.807, 2.05) is 29.9 Å². The lowest BCUT2D eigenvalue weighted by Gasteiger charge is -2.51. The molecule has 2 fully saturated rings. The van der Waals surface area contributed by atoms with Crippen LogP contribution >= 0.6 is 11.3 Å². The number of carboxylic acids is 1. The van der Waals surface area contributed by atoms with Gasteiger partial charge in [-0.05, 0) is 43.5 Å². The minimum atomic E-state index is -5.26. The van der Waals surface area contributed by atoms with Gasteiger partial charge in [-0.2, -0.15) is 9.35 Å². The number of aromatic nitrogens is 2. The van der Waals surface area contributed by atoms with Gasteiger partial charge in [0.1, 0.15) is 24.1 Å². The number of thiazole rings is 1. The zero-order valence-corrected chi connectivity index (χ0v) is 27.0. The molecule has 2 aromatic heterocycles. The first kappa shape index (κ1) is 33.7. The highest BCUT2D eigenvalue weighted by Crippen LogP contribution is 2.33. The third kappa shape index (κ3) is 7.52. The van der Waals surface area contributed by atoms with Gasteiger partial charge in [-0.25, -0.2) is 22.8 Å². The summed E-state index contributed by atoms with van der Waals surface area (Å²) >= 11 is 0.959. The summed E-state index contributed by atoms with van der Waals surface area (Å²) < 4.78 is 44.9. The van der Waals surface area contributed by atoms with Crippen LogP contribution in [0.15, 0.2) is 41.0 Å². The average Bonchev–Trinajstić information content (AvgIpc) is 3.41. The second-order valence-electron chi connectivity index (χ2n) is 11.4. The molecule has 0 aliphatic carbocycles. The van der Waals surface area contributed by atoms with Gasteiger partial charge in [0.05, 0.1) is 30.7 Å². The summed E-state index contributed by atoms with van der Waals surface area (Å²) in [5, 5.41) is 26.2. The Hall–Kier alpha value is -4.63. The molecule has 2 atom stereocenters. The predicted molar refractivity (Wildman–Crippen MR) is 165 cm³/mol. The van der Waals surface area contributed by atoms with Crippen molar-refractivity contribution in [3.05, 3.63) is 41.5 Å². The van der Waals surface area contributed by atoms with E-state index in [0.717, 1.165) is 47.6 Å². The molecule has 2 aliphatic rings. The third-order valence-electron chi connectivity index (χ3n) is 7.58. The van der Waals surface area contributed by atoms with Crippen LogP contribution in [0.1, 0.15) is 19.5 Å². The third-order valence-corrected chi connectivity index (χ3v) is 8.58. The quantitative estimate of drug-likeness (QED) is 0.0343. The monoisotopic (exact) mass is 692 g/mol. The van der Waals surface area contributed by atoms with Gasteiger partial charge in [0.2, 0.25) is 10.4 Å². The molecule has 1 aromatic carbocycles. The number of oxime groups is 1. The zero-order chi connectivity index (χ0) is 34.1. The summed E-state index contributed by atoms with van der Waals surface area (Å²) in [6.07, 6.45) is 0.219. The fourth-order valence-electron chi connectivity index (χ4n) is 4.85. The molecule has 18 nitrogen and oxygen atoms in total. The van der Waals surface area contributed by atoms with Crippen LogP contribution in [0.4, 0.5) is 10.9 Å². The molecule has 20 heteroatoms. The van der Waals surface area contributed by atoms with Gasteiger partial charge in [-0.1, -0.05) is 5.16 Å². The van der Waals surface area contributed by atoms with E-state index in [-0.39, 0.29) is 10.8 Å². The Morgan fingerprint density at radius 2 is 2.09 bits per heavy atom. The number of nitrogens with one attached hydrogen (secondary N) is 3. The number of β-lactam (4-membered cyclic amide) rings is 1. The summed E-state index contributed by atoms with van der Waals surface area (Å²) in [6, 6.07) is 5.86. The predicted octanol–water partition coefficient (Wildman–Crippen LogP) is -0.915. The van der Waals surface area contributed by atoms with Gasteiger partial charge in [0.25, 0.3) is 23.7 Å². The number of hydrogen-bond acceptors (Lipinski definition) is 15. The number of benzene rings is 1. The first-order valence-corrected chi connectivity index (χ1v) is 16.3. The van der Waals surface area contributed by atoms with Crippen LogP contribution in [0.25, 0.3) is 10.8 Å². The number of nitrogens with two attached hydrogens (primary N) is 1. The van der Waals surface area contributed by atoms with Gasteiger partial charge in [0.15, 0.2) is 10.8 Å². The maximum Gasteiger partial charge on any atom is 0.351 e. The van der Waals surface area contributed by atoms with Crippen LogP contribution in [0.5, 0.6) is 5.75 Å². The van der Waals surface area contributed by atoms with E-state index >= 15 is 0 Å². The maximum atomic E-state index is 13.2. The molecule has 1 unspecified atom stereocenters. The number of hydrogen-bond donors (Lipinski definition) is 5. The molecule has 6 N–H and O–H groups in total. The molecule has 2 saturated heterocycles. The molecule has 252 valence electrons. The van der Waals surface area contributed by atoms with Crippen molar-refractivity contribution in [2.75, 3.05) is 37.3 Å². The van der Waals surface area contributed by atoms with Gasteiger partial charge in [0, 0.05) is 24.4 Å². The Morgan fingerprint density at radius 3 is 2.68 bits per heavy atom. The number of aryl methyl sites for hydroxylation is 1. The maximum absolute atomic E-state index is 13.2. The standard InChI is InChI=1S/C27H32N8O10S2/c1-27(2)21(24(37)35(27)45-47(40,41)42)32-23(36)20(18-13-46-26(28)31-18)33-44-19(25(38)39)12-43-16-4-5-17-15(8-16)6-7-34(3)22(17)30-11-14-9-29-10-14/h4-8,13-14,19,21,29H,9-12H2,1-3H3,(H5,28,31,32,36,38,39,40,41,42)/b33-20-/t19?,21-/m1/s1. The number of nitrogen functional groups attached to an aromatic ring is 1. The number of carbonyl (C=O) groups excluding carboxylic acids is 2. The normalized spacial score (nSPS) is 18.6. The SMILES string of the molecule is C[n+]1ccc2cc(OCC(O/N=C(\C(=O)N[C@@H]3C(=O)N(OS(=O)(=O)[O-])C3(C)C)c3csc(N)n3)C(=O)O)ccc2c1NCC1CNC1. The van der Waals surface area contributed by atoms with Crippen LogP contribution in [-0.2, 0) is 41.0 Å². The van der Waals surface area contributed by atoms with Crippen LogP contribution in [0, 0.1) is 5.92 Å². The van der Waals surface area contributed by atoms with Crippen molar-refractivity contribution >= 4 is 67.0 Å². The highest BCUT2D eigenvalue weighted by molar-refractivity contribution is 7.80. The summed E-state index contributed by atoms with van der Waals surface area (Å²) in [5.41, 5.74) is 3.63. The first-order chi connectivity index (χ1) is 22.1. The van der Waals surface area contributed by atoms with Crippen molar-refractivity contribution in [3.63, 3.8) is 0 Å². The van der Waals surface area contributed by atoms with Gasteiger partial charge in [-0.15, -0.1) is 11.3 Å². The van der Waals surface area contributed by atoms with E-state index in [4.69, 9.17) is 15.3 Å². The molecule has 0 bridgehead atoms. The molecule has 47 heavy (non-hydrogen) atoms. The smallest absolute Gasteiger partial charge is 0.351 e. The van der Waals surface area contributed by atoms with Crippen LogP contribution in [0.3, 0.4) is 0 Å². The molecule has 4 heterocycles. The molecule has 0 radical (unpaired) electrons.